The summed E-state index contributed by atoms with van der Waals surface area (Å²) in [7, 11) is 0. The molecule has 0 atom stereocenters. The Hall–Kier alpha value is -2.15. The molecular weight excluding hydrogens is 300 g/mol. The van der Waals surface area contributed by atoms with E-state index in [0.717, 1.165) is 4.47 Å². The Kier molecular flexibility index (Phi) is 3.42. The van der Waals surface area contributed by atoms with E-state index in [1.807, 2.05) is 0 Å². The minimum atomic E-state index is -0.638. The maximum absolute atomic E-state index is 10.8. The highest BCUT2D eigenvalue weighted by Gasteiger charge is 2.05. The van der Waals surface area contributed by atoms with E-state index in [2.05, 4.69) is 26.1 Å². The number of halogens is 1. The molecule has 92 valence electrons. The van der Waals surface area contributed by atoms with Gasteiger partial charge in [-0.15, -0.1) is 10.2 Å². The van der Waals surface area contributed by atoms with E-state index in [4.69, 9.17) is 16.2 Å². The first kappa shape index (κ1) is 12.3. The van der Waals surface area contributed by atoms with Crippen molar-refractivity contribution in [3.63, 3.8) is 0 Å². The van der Waals surface area contributed by atoms with Crippen LogP contribution in [0.1, 0.15) is 10.5 Å². The molecule has 0 bridgehead atoms. The molecule has 0 unspecified atom stereocenters. The van der Waals surface area contributed by atoms with Crippen LogP contribution >= 0.6 is 15.9 Å². The van der Waals surface area contributed by atoms with Crippen LogP contribution in [0.3, 0.4) is 0 Å². The van der Waals surface area contributed by atoms with E-state index in [0.29, 0.717) is 11.4 Å². The first-order chi connectivity index (χ1) is 8.54. The largest absolute Gasteiger partial charge is 0.437 e. The van der Waals surface area contributed by atoms with Gasteiger partial charge in [0, 0.05) is 22.3 Å². The molecule has 6 nitrogen and oxygen atoms in total. The lowest BCUT2D eigenvalue weighted by Crippen LogP contribution is -2.13. The number of aromatic nitrogens is 2. The molecule has 0 aliphatic carbocycles. The summed E-state index contributed by atoms with van der Waals surface area (Å²) < 4.78 is 6.23. The number of primary amides is 1. The van der Waals surface area contributed by atoms with Gasteiger partial charge in [-0.1, -0.05) is 15.9 Å². The van der Waals surface area contributed by atoms with Crippen LogP contribution in [-0.4, -0.2) is 16.1 Å². The number of anilines is 1. The van der Waals surface area contributed by atoms with Crippen LogP contribution in [0.15, 0.2) is 34.8 Å². The van der Waals surface area contributed by atoms with Crippen molar-refractivity contribution in [2.75, 3.05) is 5.73 Å². The van der Waals surface area contributed by atoms with Crippen LogP contribution in [0, 0.1) is 0 Å². The van der Waals surface area contributed by atoms with Crippen molar-refractivity contribution in [2.24, 2.45) is 5.73 Å². The number of amides is 1. The molecule has 1 amide bonds. The van der Waals surface area contributed by atoms with Gasteiger partial charge in [-0.3, -0.25) is 4.79 Å². The monoisotopic (exact) mass is 308 g/mol. The summed E-state index contributed by atoms with van der Waals surface area (Å²) in [4.78, 5) is 10.8. The number of nitrogens with two attached hydrogens (primary N) is 2. The molecule has 2 rings (SSSR count). The van der Waals surface area contributed by atoms with Crippen LogP contribution in [-0.2, 0) is 0 Å². The van der Waals surface area contributed by atoms with Crippen molar-refractivity contribution in [1.29, 1.82) is 0 Å². The van der Waals surface area contributed by atoms with Gasteiger partial charge < -0.3 is 16.2 Å². The zero-order valence-corrected chi connectivity index (χ0v) is 10.7. The number of nitrogen functional groups attached to an aromatic ring is 1. The number of carbonyl (C=O) groups is 1. The van der Waals surface area contributed by atoms with E-state index >= 15 is 0 Å². The van der Waals surface area contributed by atoms with Gasteiger partial charge in [-0.05, 0) is 18.2 Å². The van der Waals surface area contributed by atoms with Crippen molar-refractivity contribution in [3.05, 3.63) is 40.5 Å². The van der Waals surface area contributed by atoms with E-state index < -0.39 is 5.91 Å². The molecular formula is C11H9BrN4O2. The molecule has 7 heteroatoms. The molecule has 2 aromatic rings. The van der Waals surface area contributed by atoms with Crippen LogP contribution in [0.5, 0.6) is 11.6 Å². The van der Waals surface area contributed by atoms with Crippen molar-refractivity contribution in [2.45, 2.75) is 0 Å². The smallest absolute Gasteiger partial charge is 0.269 e. The van der Waals surface area contributed by atoms with Gasteiger partial charge in [-0.25, -0.2) is 0 Å². The molecule has 0 fully saturated rings. The molecule has 0 radical (unpaired) electrons. The predicted octanol–water partition coefficient (Wildman–Crippen LogP) is 1.71. The number of nitrogens with zero attached hydrogens (tertiary/aromatic N) is 2. The molecule has 1 aromatic heterocycles. The second kappa shape index (κ2) is 5.01. The molecule has 4 N–H and O–H groups in total. The molecule has 0 saturated carbocycles. The highest BCUT2D eigenvalue weighted by atomic mass is 79.9. The maximum atomic E-state index is 10.8. The van der Waals surface area contributed by atoms with Gasteiger partial charge in [0.05, 0.1) is 0 Å². The van der Waals surface area contributed by atoms with Crippen LogP contribution < -0.4 is 16.2 Å². The molecule has 0 spiro atoms. The minimum absolute atomic E-state index is 0.0797. The molecule has 0 saturated heterocycles. The van der Waals surface area contributed by atoms with E-state index in [1.165, 1.54) is 12.1 Å². The average Bonchev–Trinajstić information content (AvgIpc) is 2.28. The summed E-state index contributed by atoms with van der Waals surface area (Å²) in [5, 5.41) is 7.35. The number of benzene rings is 1. The fourth-order valence-corrected chi connectivity index (χ4v) is 1.76. The topological polar surface area (TPSA) is 104 Å². The first-order valence-electron chi connectivity index (χ1n) is 4.92. The fourth-order valence-electron chi connectivity index (χ4n) is 1.27. The Balaban J connectivity index is 2.20. The Labute approximate surface area is 111 Å². The average molecular weight is 309 g/mol. The third kappa shape index (κ3) is 2.95. The van der Waals surface area contributed by atoms with Crippen LogP contribution in [0.4, 0.5) is 5.69 Å². The van der Waals surface area contributed by atoms with E-state index in [9.17, 15) is 4.79 Å². The Morgan fingerprint density at radius 1 is 1.22 bits per heavy atom. The minimum Gasteiger partial charge on any atom is -0.437 e. The Morgan fingerprint density at radius 2 is 2.00 bits per heavy atom. The van der Waals surface area contributed by atoms with E-state index in [1.54, 1.807) is 18.2 Å². The maximum Gasteiger partial charge on any atom is 0.269 e. The second-order valence-electron chi connectivity index (χ2n) is 3.44. The molecule has 0 aliphatic heterocycles. The number of carbonyl (C=O) groups excluding carboxylic acids is 1. The highest BCUT2D eigenvalue weighted by Crippen LogP contribution is 2.26. The van der Waals surface area contributed by atoms with Crippen molar-refractivity contribution < 1.29 is 9.53 Å². The molecule has 18 heavy (non-hydrogen) atoms. The molecule has 1 aromatic carbocycles. The summed E-state index contributed by atoms with van der Waals surface area (Å²) >= 11 is 3.30. The number of ether oxygens (including phenoxy) is 1. The Bertz CT molecular complexity index is 566. The van der Waals surface area contributed by atoms with Gasteiger partial charge in [0.2, 0.25) is 5.88 Å². The van der Waals surface area contributed by atoms with Crippen molar-refractivity contribution in [3.8, 4) is 11.6 Å². The van der Waals surface area contributed by atoms with Gasteiger partial charge in [-0.2, -0.15) is 0 Å². The summed E-state index contributed by atoms with van der Waals surface area (Å²) in [6.45, 7) is 0. The first-order valence-corrected chi connectivity index (χ1v) is 5.71. The van der Waals surface area contributed by atoms with Crippen molar-refractivity contribution in [1.82, 2.24) is 10.2 Å². The highest BCUT2D eigenvalue weighted by molar-refractivity contribution is 9.10. The third-order valence-electron chi connectivity index (χ3n) is 2.01. The third-order valence-corrected chi connectivity index (χ3v) is 2.47. The number of hydrogen-bond acceptors (Lipinski definition) is 5. The molecule has 0 aliphatic rings. The number of hydrogen-bond donors (Lipinski definition) is 2. The summed E-state index contributed by atoms with van der Waals surface area (Å²) in [5.41, 5.74) is 11.4. The summed E-state index contributed by atoms with van der Waals surface area (Å²) in [5.74, 6) is 0.126. The van der Waals surface area contributed by atoms with Gasteiger partial charge >= 0.3 is 0 Å². The fraction of sp³-hybridized carbons (Fsp3) is 0. The number of rotatable bonds is 3. The quantitative estimate of drug-likeness (QED) is 0.840. The van der Waals surface area contributed by atoms with Crippen molar-refractivity contribution >= 4 is 27.5 Å². The second-order valence-corrected chi connectivity index (χ2v) is 4.36. The lowest BCUT2D eigenvalue weighted by molar-refractivity contribution is 0.0994. The summed E-state index contributed by atoms with van der Waals surface area (Å²) in [6, 6.07) is 8.07. The van der Waals surface area contributed by atoms with Crippen LogP contribution in [0.2, 0.25) is 0 Å². The van der Waals surface area contributed by atoms with Crippen LogP contribution in [0.25, 0.3) is 0 Å². The van der Waals surface area contributed by atoms with Gasteiger partial charge in [0.15, 0.2) is 5.69 Å². The standard InChI is InChI=1S/C11H9BrN4O2/c12-6-3-7(13)5-8(4-6)18-10-2-1-9(11(14)17)15-16-10/h1-5H,13H2,(H2,14,17). The predicted molar refractivity (Wildman–Crippen MR) is 69.2 cm³/mol. The normalized spacial score (nSPS) is 10.1. The lowest BCUT2D eigenvalue weighted by Gasteiger charge is -2.05. The lowest BCUT2D eigenvalue weighted by atomic mass is 10.3. The summed E-state index contributed by atoms with van der Waals surface area (Å²) in [6.07, 6.45) is 0. The zero-order chi connectivity index (χ0) is 13.1. The molecule has 1 heterocycles. The van der Waals surface area contributed by atoms with Gasteiger partial charge in [0.25, 0.3) is 5.91 Å². The SMILES string of the molecule is NC(=O)c1ccc(Oc2cc(N)cc(Br)c2)nn1. The zero-order valence-electron chi connectivity index (χ0n) is 9.13. The Morgan fingerprint density at radius 3 is 2.56 bits per heavy atom. The van der Waals surface area contributed by atoms with Gasteiger partial charge in [0.1, 0.15) is 5.75 Å². The van der Waals surface area contributed by atoms with E-state index in [-0.39, 0.29) is 11.6 Å².